The number of hydrogen-bond acceptors (Lipinski definition) is 10. The van der Waals surface area contributed by atoms with Crippen molar-refractivity contribution in [2.45, 2.75) is 227 Å². The minimum absolute atomic E-state index is 0.0596. The molecule has 10 fully saturated rings. The fourth-order valence-electron chi connectivity index (χ4n) is 26.6. The van der Waals surface area contributed by atoms with E-state index in [-0.39, 0.29) is 72.8 Å². The lowest BCUT2D eigenvalue weighted by Crippen LogP contribution is -2.86. The second-order valence-electron chi connectivity index (χ2n) is 33.2. The predicted octanol–water partition coefficient (Wildman–Crippen LogP) is 11.2. The average molecular weight is 1200 g/mol. The van der Waals surface area contributed by atoms with Crippen molar-refractivity contribution in [2.24, 2.45) is 92.7 Å². The van der Waals surface area contributed by atoms with E-state index in [1.54, 1.807) is 6.08 Å². The maximum Gasteiger partial charge on any atom is 0.331 e. The summed E-state index contributed by atoms with van der Waals surface area (Å²) in [5.74, 6) is 5.60. The molecule has 15 aliphatic carbocycles. The Hall–Kier alpha value is -4.44. The lowest BCUT2D eigenvalue weighted by Gasteiger charge is -2.75. The van der Waals surface area contributed by atoms with Crippen molar-refractivity contribution in [3.8, 4) is 11.8 Å². The van der Waals surface area contributed by atoms with E-state index in [4.69, 9.17) is 4.74 Å². The molecule has 10 heteroatoms. The molecule has 3 aromatic rings. The van der Waals surface area contributed by atoms with Crippen LogP contribution in [0.5, 0.6) is 0 Å². The summed E-state index contributed by atoms with van der Waals surface area (Å²) in [5.41, 5.74) is -0.0780. The Bertz CT molecular complexity index is 3520. The van der Waals surface area contributed by atoms with Crippen LogP contribution in [0.3, 0.4) is 0 Å². The van der Waals surface area contributed by atoms with Crippen LogP contribution in [0.15, 0.2) is 78.4 Å². The smallest absolute Gasteiger partial charge is 0.331 e. The van der Waals surface area contributed by atoms with Crippen molar-refractivity contribution >= 4 is 18.3 Å². The molecule has 0 amide bonds. The van der Waals surface area contributed by atoms with Crippen LogP contribution in [-0.2, 0) is 45.6 Å². The fraction of sp³-hybridized carbons (Fsp3) is 0.671. The average Bonchev–Trinajstić information content (AvgIpc) is 1.61. The number of allylic oxidation sites excluding steroid dienone is 1. The molecule has 1 heterocycles. The summed E-state index contributed by atoms with van der Waals surface area (Å²) in [5, 5.41) is 88.5. The van der Waals surface area contributed by atoms with Crippen molar-refractivity contribution in [3.63, 3.8) is 0 Å². The standard InChI is InChI=1S/C79H97NO9/c1-46(50-10-3-4-11-50)52-20-23-63-70(84)73-31-25-48(40-73)19-18-47-9-5-15-57(34-47)76-28-8-16-56(76)21-22-58-53(13-7-17-62(58)76)33-49-24-29-72(39-49)30-26-51-12-6-14-54(42-81)59(51)37-65(80-2)60-35-55-41-77(86)74(43-72,68(55)61-38-67(83)89-69(60)61)32-27-66-75(44-73,45-82)78(63,87)64(36-52)71(85)79(66,77)88/h5-7,9,12-15,17,21-22,34,38,45-46,48-50,52,55-56,60,63-66,68-71,80-81,84-88H,3-4,8,10-11,16,18-20,23-25,27-29,31-33,35-37,39-44H2,1-2H3/t46-,48-,49+,52-,55-,56+,60-,63-,64-,65-,66+,68+,69-,70+,71-,72+,73-,74-,75-,76-,77+,78+,79-/m0/s1. The second kappa shape index (κ2) is 20.5. The molecule has 472 valence electrons. The van der Waals surface area contributed by atoms with Crippen LogP contribution < -0.4 is 5.32 Å². The van der Waals surface area contributed by atoms with Crippen molar-refractivity contribution < 1.29 is 45.0 Å². The largest absolute Gasteiger partial charge is 0.454 e. The van der Waals surface area contributed by atoms with E-state index in [2.05, 4.69) is 84.8 Å². The zero-order chi connectivity index (χ0) is 60.8. The number of aryl methyl sites for hydroxylation is 1. The van der Waals surface area contributed by atoms with Crippen LogP contribution in [0.4, 0.5) is 0 Å². The quantitative estimate of drug-likeness (QED) is 0.0739. The lowest BCUT2D eigenvalue weighted by atomic mass is 9.32. The van der Waals surface area contributed by atoms with Crippen molar-refractivity contribution in [1.29, 1.82) is 0 Å². The number of rotatable bonds is 5. The Morgan fingerprint density at radius 3 is 2.45 bits per heavy atom. The number of nitrogens with one attached hydrogen (secondary N) is 1. The van der Waals surface area contributed by atoms with Gasteiger partial charge >= 0.3 is 5.97 Å². The van der Waals surface area contributed by atoms with Gasteiger partial charge in [-0.25, -0.2) is 4.79 Å². The van der Waals surface area contributed by atoms with Crippen molar-refractivity contribution in [3.05, 3.63) is 123 Å². The molecular weight excluding hydrogens is 1110 g/mol. The number of benzene rings is 3. The Labute approximate surface area is 527 Å². The van der Waals surface area contributed by atoms with Gasteiger partial charge < -0.3 is 45.5 Å². The van der Waals surface area contributed by atoms with Crippen molar-refractivity contribution in [2.75, 3.05) is 7.05 Å². The number of fused-ring (bicyclic) bond motifs is 3. The molecule has 89 heavy (non-hydrogen) atoms. The van der Waals surface area contributed by atoms with Gasteiger partial charge in [-0.05, 0) is 245 Å². The Kier molecular flexibility index (Phi) is 13.5. The van der Waals surface area contributed by atoms with E-state index in [1.807, 2.05) is 19.2 Å². The molecule has 0 radical (unpaired) electrons. The minimum atomic E-state index is -2.29. The number of aliphatic hydroxyl groups excluding tert-OH is 3. The highest BCUT2D eigenvalue weighted by molar-refractivity contribution is 5.86. The summed E-state index contributed by atoms with van der Waals surface area (Å²) < 4.78 is 6.60. The fourth-order valence-corrected chi connectivity index (χ4v) is 26.6. The van der Waals surface area contributed by atoms with E-state index in [9.17, 15) is 25.2 Å². The third-order valence-corrected chi connectivity index (χ3v) is 30.2. The molecule has 3 aromatic carbocycles. The molecular formula is C79H97NO9. The van der Waals surface area contributed by atoms with Gasteiger partial charge in [-0.3, -0.25) is 0 Å². The van der Waals surface area contributed by atoms with Gasteiger partial charge in [0.2, 0.25) is 0 Å². The number of carbonyl (C=O) groups is 2. The van der Waals surface area contributed by atoms with Gasteiger partial charge in [-0.1, -0.05) is 118 Å². The Morgan fingerprint density at radius 1 is 0.787 bits per heavy atom. The normalized spacial score (nSPS) is 47.4. The summed E-state index contributed by atoms with van der Waals surface area (Å²) in [6, 6.07) is 22.5. The van der Waals surface area contributed by atoms with Crippen LogP contribution in [0.1, 0.15) is 199 Å². The molecule has 23 atom stereocenters. The first-order chi connectivity index (χ1) is 43.0. The van der Waals surface area contributed by atoms with Gasteiger partial charge in [0, 0.05) is 57.6 Å². The summed E-state index contributed by atoms with van der Waals surface area (Å²) in [7, 11) is 1.96. The number of aldehydes is 1. The number of ether oxygens (including phenoxy) is 1. The highest BCUT2D eigenvalue weighted by Gasteiger charge is 2.87. The number of hydrogen-bond donors (Lipinski definition) is 7. The first-order valence-corrected chi connectivity index (χ1v) is 35.8. The first-order valence-electron chi connectivity index (χ1n) is 35.8. The van der Waals surface area contributed by atoms with Crippen LogP contribution in [0.25, 0.3) is 6.08 Å². The molecule has 19 rings (SSSR count). The van der Waals surface area contributed by atoms with Crippen LogP contribution in [0, 0.1) is 105 Å². The van der Waals surface area contributed by atoms with Crippen LogP contribution in [0.2, 0.25) is 0 Å². The summed E-state index contributed by atoms with van der Waals surface area (Å²) in [6.45, 7) is 2.22. The highest BCUT2D eigenvalue weighted by Crippen LogP contribution is 2.80. The van der Waals surface area contributed by atoms with Crippen LogP contribution >= 0.6 is 0 Å². The number of aliphatic hydroxyl groups is 6. The Balaban J connectivity index is 0.899. The monoisotopic (exact) mass is 1200 g/mol. The van der Waals surface area contributed by atoms with Gasteiger partial charge in [-0.15, -0.1) is 0 Å². The van der Waals surface area contributed by atoms with Crippen molar-refractivity contribution in [1.82, 2.24) is 5.32 Å². The van der Waals surface area contributed by atoms with E-state index in [1.165, 1.54) is 47.1 Å². The molecule has 0 aromatic heterocycles. The highest BCUT2D eigenvalue weighted by atomic mass is 16.5. The maximum atomic E-state index is 15.7. The maximum absolute atomic E-state index is 15.7. The molecule has 10 nitrogen and oxygen atoms in total. The third kappa shape index (κ3) is 7.76. The summed E-state index contributed by atoms with van der Waals surface area (Å²) in [6.07, 6.45) is 24.2. The molecule has 16 aliphatic rings. The van der Waals surface area contributed by atoms with Gasteiger partial charge in [0.05, 0.1) is 29.8 Å². The van der Waals surface area contributed by atoms with E-state index in [0.29, 0.717) is 63.2 Å². The zero-order valence-corrected chi connectivity index (χ0v) is 52.8. The van der Waals surface area contributed by atoms with Gasteiger partial charge in [0.1, 0.15) is 23.6 Å². The lowest BCUT2D eigenvalue weighted by molar-refractivity contribution is -0.385. The topological polar surface area (TPSA) is 177 Å². The molecule has 0 saturated heterocycles. The SMILES string of the molecule is CN[C@H]1Cc2c(cccc2CO)C#C[C@@]23CC[C@H](Cc4cccc5c4C=C[C@H]4CCC[C@]54c4cccc(c4)CC[C@H]4CC[C@]5(C4)C[C@]4(C=O)[C@H]6CC[C@]7(C2)[C@H]2C8=CC(=O)O[C@H]8[C@H]1C[C@H]2C[C@]7(O)[C@@]6(O)[C@@H](O)[C@@H]1C[C@@H]([C@@H](C)C2CCCC2)CC[C@@H]([C@H]5O)[C@@]14O)C3. The summed E-state index contributed by atoms with van der Waals surface area (Å²) in [4.78, 5) is 30.0. The first kappa shape index (κ1) is 58.4. The molecule has 0 unspecified atom stereocenters. The van der Waals surface area contributed by atoms with E-state index < -0.39 is 86.4 Å². The van der Waals surface area contributed by atoms with Crippen LogP contribution in [-0.4, -0.2) is 91.1 Å². The zero-order valence-electron chi connectivity index (χ0n) is 52.8. The molecule has 17 bridgehead atoms. The van der Waals surface area contributed by atoms with Gasteiger partial charge in [-0.2, -0.15) is 0 Å². The van der Waals surface area contributed by atoms with E-state index >= 15 is 15.0 Å². The number of esters is 1. The number of likely N-dealkylation sites (N-methyl/N-ethyl adjacent to an activating group) is 1. The number of carbonyl (C=O) groups excluding carboxylic acids is 2. The predicted molar refractivity (Wildman–Crippen MR) is 340 cm³/mol. The molecule has 7 N–H and O–H groups in total. The molecule has 10 saturated carbocycles. The van der Waals surface area contributed by atoms with E-state index in [0.717, 1.165) is 106 Å². The molecule has 1 aliphatic heterocycles. The summed E-state index contributed by atoms with van der Waals surface area (Å²) >= 11 is 0. The Morgan fingerprint density at radius 2 is 1.62 bits per heavy atom. The minimum Gasteiger partial charge on any atom is -0.454 e. The second-order valence-corrected chi connectivity index (χ2v) is 33.2. The molecule has 4 spiro atoms. The van der Waals surface area contributed by atoms with Gasteiger partial charge in [0.15, 0.2) is 0 Å². The third-order valence-electron chi connectivity index (χ3n) is 30.2. The van der Waals surface area contributed by atoms with Gasteiger partial charge in [0.25, 0.3) is 0 Å².